The zero-order valence-corrected chi connectivity index (χ0v) is 5.96. The quantitative estimate of drug-likeness (QED) is 0.409. The molecule has 0 unspecified atom stereocenters. The molecule has 0 aliphatic carbocycles. The number of rotatable bonds is 1. The Kier molecular flexibility index (Phi) is 2.69. The molecule has 0 aliphatic heterocycles. The zero-order valence-electron chi connectivity index (χ0n) is 5.06. The maximum absolute atomic E-state index is 5.09. The molecule has 1 nitrogen and oxygen atoms in total. The minimum absolute atomic E-state index is 0.0260. The van der Waals surface area contributed by atoms with Crippen molar-refractivity contribution in [3.05, 3.63) is 0 Å². The van der Waals surface area contributed by atoms with E-state index in [-0.39, 0.29) is 5.60 Å². The third kappa shape index (κ3) is 6.31. The summed E-state index contributed by atoms with van der Waals surface area (Å²) in [5, 5.41) is 0. The van der Waals surface area contributed by atoms with Crippen LogP contribution in [0.15, 0.2) is 0 Å². The molecule has 0 rings (SSSR count). The van der Waals surface area contributed by atoms with Crippen molar-refractivity contribution < 1.29 is 4.74 Å². The highest BCUT2D eigenvalue weighted by Crippen LogP contribution is 2.05. The van der Waals surface area contributed by atoms with E-state index in [0.29, 0.717) is 5.94 Å². The van der Waals surface area contributed by atoms with Crippen LogP contribution in [0.2, 0.25) is 0 Å². The molecule has 0 amide bonds. The fourth-order valence-corrected chi connectivity index (χ4v) is 0.581. The summed E-state index contributed by atoms with van der Waals surface area (Å²) in [4.78, 5) is 0. The average Bonchev–Trinajstić information content (AvgIpc) is 1.30. The SMILES string of the molecule is CC(C)(C)OCS. The predicted octanol–water partition coefficient (Wildman–Crippen LogP) is 1.69. The summed E-state index contributed by atoms with van der Waals surface area (Å²) >= 11 is 3.89. The molecule has 0 radical (unpaired) electrons. The molecule has 2 heteroatoms. The normalized spacial score (nSPS) is 12.0. The Balaban J connectivity index is 3.15. The van der Waals surface area contributed by atoms with Crippen LogP contribution < -0.4 is 0 Å². The third-order valence-electron chi connectivity index (χ3n) is 0.498. The van der Waals surface area contributed by atoms with Crippen LogP contribution in [0.5, 0.6) is 0 Å². The predicted molar refractivity (Wildman–Crippen MR) is 34.7 cm³/mol. The summed E-state index contributed by atoms with van der Waals surface area (Å²) in [7, 11) is 0. The number of hydrogen-bond acceptors (Lipinski definition) is 2. The summed E-state index contributed by atoms with van der Waals surface area (Å²) in [6, 6.07) is 0. The Morgan fingerprint density at radius 2 is 1.86 bits per heavy atom. The monoisotopic (exact) mass is 120 g/mol. The molecular weight excluding hydrogens is 108 g/mol. The van der Waals surface area contributed by atoms with E-state index >= 15 is 0 Å². The first-order valence-electron chi connectivity index (χ1n) is 2.31. The Morgan fingerprint density at radius 1 is 1.43 bits per heavy atom. The highest BCUT2D eigenvalue weighted by molar-refractivity contribution is 7.80. The van der Waals surface area contributed by atoms with Gasteiger partial charge in [0.15, 0.2) is 0 Å². The lowest BCUT2D eigenvalue weighted by molar-refractivity contribution is 0.0294. The van der Waals surface area contributed by atoms with Crippen molar-refractivity contribution in [1.29, 1.82) is 0 Å². The molecule has 0 aromatic rings. The third-order valence-corrected chi connectivity index (χ3v) is 0.627. The van der Waals surface area contributed by atoms with Crippen LogP contribution in [0.3, 0.4) is 0 Å². The van der Waals surface area contributed by atoms with Gasteiger partial charge in [-0.05, 0) is 20.8 Å². The summed E-state index contributed by atoms with van der Waals surface area (Å²) in [6.45, 7) is 6.01. The van der Waals surface area contributed by atoms with E-state index in [4.69, 9.17) is 4.74 Å². The Labute approximate surface area is 50.5 Å². The molecule has 0 saturated carbocycles. The van der Waals surface area contributed by atoms with E-state index in [1.54, 1.807) is 0 Å². The van der Waals surface area contributed by atoms with Gasteiger partial charge < -0.3 is 4.74 Å². The number of ether oxygens (including phenoxy) is 1. The van der Waals surface area contributed by atoms with E-state index in [0.717, 1.165) is 0 Å². The fourth-order valence-electron chi connectivity index (χ4n) is 0.194. The smallest absolute Gasteiger partial charge is 0.0899 e. The van der Waals surface area contributed by atoms with Gasteiger partial charge in [-0.1, -0.05) is 0 Å². The molecule has 44 valence electrons. The molecular formula is C5H12OS. The van der Waals surface area contributed by atoms with Crippen molar-refractivity contribution in [3.63, 3.8) is 0 Å². The number of hydrogen-bond donors (Lipinski definition) is 1. The van der Waals surface area contributed by atoms with Crippen LogP contribution in [0.1, 0.15) is 20.8 Å². The van der Waals surface area contributed by atoms with E-state index in [9.17, 15) is 0 Å². The molecule has 0 atom stereocenters. The van der Waals surface area contributed by atoms with Gasteiger partial charge in [0.05, 0.1) is 11.5 Å². The second-order valence-electron chi connectivity index (χ2n) is 2.39. The van der Waals surface area contributed by atoms with Crippen LogP contribution in [0, 0.1) is 0 Å². The molecule has 0 fully saturated rings. The number of thiol groups is 1. The Hall–Kier alpha value is 0.310. The molecule has 0 aliphatic rings. The molecule has 0 aromatic carbocycles. The summed E-state index contributed by atoms with van der Waals surface area (Å²) < 4.78 is 5.09. The van der Waals surface area contributed by atoms with E-state index < -0.39 is 0 Å². The lowest BCUT2D eigenvalue weighted by Gasteiger charge is -2.16. The standard InChI is InChI=1S/C5H12OS/c1-5(2,3)6-4-7/h7H,4H2,1-3H3. The van der Waals surface area contributed by atoms with Crippen LogP contribution in [-0.4, -0.2) is 11.5 Å². The second-order valence-corrected chi connectivity index (χ2v) is 2.64. The van der Waals surface area contributed by atoms with Gasteiger partial charge in [-0.3, -0.25) is 0 Å². The molecule has 0 spiro atoms. The van der Waals surface area contributed by atoms with Crippen molar-refractivity contribution in [1.82, 2.24) is 0 Å². The topological polar surface area (TPSA) is 9.23 Å². The summed E-state index contributed by atoms with van der Waals surface area (Å²) in [5.74, 6) is 0.503. The van der Waals surface area contributed by atoms with Gasteiger partial charge in [-0.2, -0.15) is 12.6 Å². The summed E-state index contributed by atoms with van der Waals surface area (Å²) in [6.07, 6.45) is 0. The first-order valence-corrected chi connectivity index (χ1v) is 2.94. The van der Waals surface area contributed by atoms with Gasteiger partial charge in [0.25, 0.3) is 0 Å². The fraction of sp³-hybridized carbons (Fsp3) is 1.00. The van der Waals surface area contributed by atoms with Gasteiger partial charge in [0.1, 0.15) is 0 Å². The van der Waals surface area contributed by atoms with Crippen molar-refractivity contribution in [2.75, 3.05) is 5.94 Å². The largest absolute Gasteiger partial charge is 0.366 e. The van der Waals surface area contributed by atoms with Gasteiger partial charge in [0, 0.05) is 0 Å². The van der Waals surface area contributed by atoms with Gasteiger partial charge in [-0.25, -0.2) is 0 Å². The second kappa shape index (κ2) is 2.58. The Morgan fingerprint density at radius 3 is 1.86 bits per heavy atom. The molecule has 0 N–H and O–H groups in total. The molecule has 0 aromatic heterocycles. The average molecular weight is 120 g/mol. The first-order chi connectivity index (χ1) is 3.06. The van der Waals surface area contributed by atoms with Crippen molar-refractivity contribution >= 4 is 12.6 Å². The van der Waals surface area contributed by atoms with Crippen molar-refractivity contribution in [3.8, 4) is 0 Å². The summed E-state index contributed by atoms with van der Waals surface area (Å²) in [5.41, 5.74) is -0.0260. The Bertz CT molecular complexity index is 46.5. The van der Waals surface area contributed by atoms with Crippen LogP contribution in [-0.2, 0) is 4.74 Å². The lowest BCUT2D eigenvalue weighted by atomic mass is 10.2. The molecule has 0 bridgehead atoms. The first kappa shape index (κ1) is 7.31. The molecule has 0 heterocycles. The lowest BCUT2D eigenvalue weighted by Crippen LogP contribution is -2.17. The van der Waals surface area contributed by atoms with Crippen LogP contribution >= 0.6 is 12.6 Å². The van der Waals surface area contributed by atoms with Gasteiger partial charge in [-0.15, -0.1) is 0 Å². The molecule has 0 saturated heterocycles. The zero-order chi connectivity index (χ0) is 5.91. The van der Waals surface area contributed by atoms with Gasteiger partial charge in [0.2, 0.25) is 0 Å². The van der Waals surface area contributed by atoms with E-state index in [1.807, 2.05) is 20.8 Å². The van der Waals surface area contributed by atoms with Crippen LogP contribution in [0.4, 0.5) is 0 Å². The van der Waals surface area contributed by atoms with E-state index in [2.05, 4.69) is 12.6 Å². The highest BCUT2D eigenvalue weighted by atomic mass is 32.1. The highest BCUT2D eigenvalue weighted by Gasteiger charge is 2.06. The minimum atomic E-state index is -0.0260. The van der Waals surface area contributed by atoms with Crippen LogP contribution in [0.25, 0.3) is 0 Å². The van der Waals surface area contributed by atoms with Crippen molar-refractivity contribution in [2.24, 2.45) is 0 Å². The maximum Gasteiger partial charge on any atom is 0.0899 e. The minimum Gasteiger partial charge on any atom is -0.366 e. The van der Waals surface area contributed by atoms with E-state index in [1.165, 1.54) is 0 Å². The maximum atomic E-state index is 5.09. The molecule has 7 heavy (non-hydrogen) atoms. The van der Waals surface area contributed by atoms with Gasteiger partial charge >= 0.3 is 0 Å². The van der Waals surface area contributed by atoms with Crippen molar-refractivity contribution in [2.45, 2.75) is 26.4 Å².